The number of nitrogens with zero attached hydrogens (tertiary/aromatic N) is 1. The Morgan fingerprint density at radius 3 is 2.56 bits per heavy atom. The number of ether oxygens (including phenoxy) is 1. The number of rotatable bonds is 7. The molecule has 152 valence electrons. The molecule has 2 amide bonds. The molecule has 0 aromatic heterocycles. The van der Waals surface area contributed by atoms with E-state index >= 15 is 0 Å². The number of hydrogen-bond donors (Lipinski definition) is 2. The van der Waals surface area contributed by atoms with E-state index < -0.39 is 18.7 Å². The fraction of sp³-hybridized carbons (Fsp3) is 0.556. The minimum atomic E-state index is -2.90. The van der Waals surface area contributed by atoms with Crippen LogP contribution >= 0.6 is 12.4 Å². The maximum absolute atomic E-state index is 12.7. The highest BCUT2D eigenvalue weighted by Crippen LogP contribution is 2.24. The van der Waals surface area contributed by atoms with Gasteiger partial charge < -0.3 is 20.7 Å². The van der Waals surface area contributed by atoms with Crippen LogP contribution in [0.4, 0.5) is 14.5 Å². The molecule has 6 nitrogen and oxygen atoms in total. The number of carbonyl (C=O) groups excluding carboxylic acids is 2. The van der Waals surface area contributed by atoms with E-state index in [0.717, 1.165) is 6.42 Å². The van der Waals surface area contributed by atoms with Gasteiger partial charge in [0.15, 0.2) is 0 Å². The average molecular weight is 406 g/mol. The van der Waals surface area contributed by atoms with E-state index in [0.29, 0.717) is 25.1 Å². The molecule has 2 rings (SSSR count). The molecule has 3 N–H and O–H groups in total. The molecule has 0 aliphatic carbocycles. The molecule has 1 saturated heterocycles. The third kappa shape index (κ3) is 6.04. The van der Waals surface area contributed by atoms with Crippen LogP contribution in [0.15, 0.2) is 24.3 Å². The van der Waals surface area contributed by atoms with Crippen molar-refractivity contribution < 1.29 is 23.1 Å². The first-order valence-electron chi connectivity index (χ1n) is 8.75. The van der Waals surface area contributed by atoms with Gasteiger partial charge in [-0.2, -0.15) is 8.78 Å². The van der Waals surface area contributed by atoms with E-state index in [4.69, 9.17) is 5.73 Å². The highest BCUT2D eigenvalue weighted by atomic mass is 35.5. The summed E-state index contributed by atoms with van der Waals surface area (Å²) in [7, 11) is 0. The number of nitrogens with one attached hydrogen (secondary N) is 1. The molecule has 3 atom stereocenters. The lowest BCUT2D eigenvalue weighted by molar-refractivity contribution is -0.129. The molecule has 1 fully saturated rings. The fourth-order valence-corrected chi connectivity index (χ4v) is 2.85. The number of piperidine rings is 1. The lowest BCUT2D eigenvalue weighted by Gasteiger charge is -2.33. The van der Waals surface area contributed by atoms with Crippen LogP contribution in [0.1, 0.15) is 33.1 Å². The summed E-state index contributed by atoms with van der Waals surface area (Å²) in [6, 6.07) is 4.57. The lowest BCUT2D eigenvalue weighted by Crippen LogP contribution is -2.56. The summed E-state index contributed by atoms with van der Waals surface area (Å²) < 4.78 is 28.8. The first kappa shape index (κ1) is 23.1. The Morgan fingerprint density at radius 2 is 2.00 bits per heavy atom. The average Bonchev–Trinajstić information content (AvgIpc) is 2.62. The second-order valence-electron chi connectivity index (χ2n) is 6.48. The summed E-state index contributed by atoms with van der Waals surface area (Å²) >= 11 is 0. The third-order valence-electron chi connectivity index (χ3n) is 4.69. The Morgan fingerprint density at radius 1 is 1.37 bits per heavy atom. The Balaban J connectivity index is 0.00000364. The van der Waals surface area contributed by atoms with Crippen molar-refractivity contribution in [3.8, 4) is 5.75 Å². The summed E-state index contributed by atoms with van der Waals surface area (Å²) in [5.41, 5.74) is 6.49. The van der Waals surface area contributed by atoms with Crippen molar-refractivity contribution >= 4 is 29.9 Å². The Labute approximate surface area is 163 Å². The van der Waals surface area contributed by atoms with Gasteiger partial charge in [0.1, 0.15) is 11.8 Å². The lowest BCUT2D eigenvalue weighted by atomic mass is 9.98. The van der Waals surface area contributed by atoms with Crippen LogP contribution in [0.5, 0.6) is 5.75 Å². The highest BCUT2D eigenvalue weighted by molar-refractivity contribution is 6.00. The van der Waals surface area contributed by atoms with Crippen LogP contribution < -0.4 is 20.7 Å². The maximum atomic E-state index is 12.7. The minimum absolute atomic E-state index is 0. The van der Waals surface area contributed by atoms with E-state index in [1.807, 2.05) is 13.8 Å². The van der Waals surface area contributed by atoms with Gasteiger partial charge in [-0.1, -0.05) is 20.3 Å². The smallest absolute Gasteiger partial charge is 0.387 e. The molecule has 1 aliphatic rings. The Bertz CT molecular complexity index is 631. The number of amides is 2. The SMILES string of the molecule is CCC(C)C(N)C(=O)NC1CCCN(c2ccc(OC(F)F)cc2)C1=O.Cl. The summed E-state index contributed by atoms with van der Waals surface area (Å²) in [4.78, 5) is 26.5. The van der Waals surface area contributed by atoms with Gasteiger partial charge in [0.2, 0.25) is 11.8 Å². The van der Waals surface area contributed by atoms with Gasteiger partial charge in [0.25, 0.3) is 0 Å². The molecule has 0 saturated carbocycles. The molecule has 0 spiro atoms. The monoisotopic (exact) mass is 405 g/mol. The Kier molecular flexibility index (Phi) is 8.92. The molecule has 1 aromatic rings. The van der Waals surface area contributed by atoms with Gasteiger partial charge in [0, 0.05) is 12.2 Å². The third-order valence-corrected chi connectivity index (χ3v) is 4.69. The van der Waals surface area contributed by atoms with Crippen LogP contribution in [0, 0.1) is 5.92 Å². The molecular formula is C18H26ClF2N3O3. The number of halogens is 3. The first-order chi connectivity index (χ1) is 12.3. The molecule has 0 radical (unpaired) electrons. The number of anilines is 1. The van der Waals surface area contributed by atoms with Gasteiger partial charge in [-0.05, 0) is 43.0 Å². The van der Waals surface area contributed by atoms with Crippen LogP contribution in [0.25, 0.3) is 0 Å². The van der Waals surface area contributed by atoms with Crippen LogP contribution in [-0.2, 0) is 9.59 Å². The normalized spacial score (nSPS) is 19.3. The molecular weight excluding hydrogens is 380 g/mol. The zero-order valence-corrected chi connectivity index (χ0v) is 16.2. The van der Waals surface area contributed by atoms with Crippen molar-refractivity contribution in [3.05, 3.63) is 24.3 Å². The number of nitrogens with two attached hydrogens (primary N) is 1. The zero-order valence-electron chi connectivity index (χ0n) is 15.4. The molecule has 3 unspecified atom stereocenters. The van der Waals surface area contributed by atoms with Crippen LogP contribution in [0.2, 0.25) is 0 Å². The van der Waals surface area contributed by atoms with Gasteiger partial charge in [-0.15, -0.1) is 12.4 Å². The van der Waals surface area contributed by atoms with Gasteiger partial charge in [-0.3, -0.25) is 9.59 Å². The van der Waals surface area contributed by atoms with Crippen molar-refractivity contribution in [1.29, 1.82) is 0 Å². The van der Waals surface area contributed by atoms with Crippen molar-refractivity contribution in [3.63, 3.8) is 0 Å². The number of benzene rings is 1. The molecule has 9 heteroatoms. The maximum Gasteiger partial charge on any atom is 0.387 e. The molecule has 1 aromatic carbocycles. The van der Waals surface area contributed by atoms with E-state index in [9.17, 15) is 18.4 Å². The van der Waals surface area contributed by atoms with E-state index in [-0.39, 0.29) is 35.9 Å². The quantitative estimate of drug-likeness (QED) is 0.730. The topological polar surface area (TPSA) is 84.7 Å². The van der Waals surface area contributed by atoms with E-state index in [2.05, 4.69) is 10.1 Å². The predicted octanol–water partition coefficient (Wildman–Crippen LogP) is 2.69. The number of alkyl halides is 2. The van der Waals surface area contributed by atoms with Crippen molar-refractivity contribution in [2.24, 2.45) is 11.7 Å². The second kappa shape index (κ2) is 10.4. The molecule has 0 bridgehead atoms. The van der Waals surface area contributed by atoms with Crippen molar-refractivity contribution in [2.45, 2.75) is 51.8 Å². The molecule has 1 aliphatic heterocycles. The Hall–Kier alpha value is -1.93. The predicted molar refractivity (Wildman–Crippen MR) is 101 cm³/mol. The molecule has 1 heterocycles. The summed E-state index contributed by atoms with van der Waals surface area (Å²) in [5, 5.41) is 2.74. The number of hydrogen-bond acceptors (Lipinski definition) is 4. The fourth-order valence-electron chi connectivity index (χ4n) is 2.85. The van der Waals surface area contributed by atoms with Crippen molar-refractivity contribution in [1.82, 2.24) is 5.32 Å². The first-order valence-corrected chi connectivity index (χ1v) is 8.75. The summed E-state index contributed by atoms with van der Waals surface area (Å²) in [6.45, 7) is 1.44. The van der Waals surface area contributed by atoms with E-state index in [1.54, 1.807) is 12.1 Å². The largest absolute Gasteiger partial charge is 0.435 e. The van der Waals surface area contributed by atoms with Crippen LogP contribution in [-0.4, -0.2) is 37.1 Å². The second-order valence-corrected chi connectivity index (χ2v) is 6.48. The summed E-state index contributed by atoms with van der Waals surface area (Å²) in [6.07, 6.45) is 2.03. The van der Waals surface area contributed by atoms with Crippen molar-refractivity contribution in [2.75, 3.05) is 11.4 Å². The summed E-state index contributed by atoms with van der Waals surface area (Å²) in [5.74, 6) is -0.520. The van der Waals surface area contributed by atoms with Gasteiger partial charge in [-0.25, -0.2) is 0 Å². The van der Waals surface area contributed by atoms with Gasteiger partial charge >= 0.3 is 6.61 Å². The minimum Gasteiger partial charge on any atom is -0.435 e. The standard InChI is InChI=1S/C18H25F2N3O3.ClH/c1-3-11(2)15(21)16(24)22-14-5-4-10-23(17(14)25)12-6-8-13(9-7-12)26-18(19)20;/h6-9,11,14-15,18H,3-5,10,21H2,1-2H3,(H,22,24);1H. The van der Waals surface area contributed by atoms with E-state index in [1.165, 1.54) is 17.0 Å². The highest BCUT2D eigenvalue weighted by Gasteiger charge is 2.32. The molecule has 27 heavy (non-hydrogen) atoms. The van der Waals surface area contributed by atoms with Gasteiger partial charge in [0.05, 0.1) is 6.04 Å². The number of carbonyl (C=O) groups is 2. The van der Waals surface area contributed by atoms with Crippen LogP contribution in [0.3, 0.4) is 0 Å². The zero-order chi connectivity index (χ0) is 19.3.